The van der Waals surface area contributed by atoms with Crippen molar-refractivity contribution in [1.82, 2.24) is 0 Å². The van der Waals surface area contributed by atoms with Crippen molar-refractivity contribution in [3.63, 3.8) is 0 Å². The van der Waals surface area contributed by atoms with E-state index in [9.17, 15) is 5.11 Å². The fraction of sp³-hybridized carbons (Fsp3) is 0.417. The molecule has 0 aliphatic carbocycles. The molecule has 0 saturated carbocycles. The molecule has 1 fully saturated rings. The Balaban J connectivity index is 2.07. The van der Waals surface area contributed by atoms with Gasteiger partial charge in [-0.1, -0.05) is 87.0 Å². The summed E-state index contributed by atoms with van der Waals surface area (Å²) in [5.41, 5.74) is 1.85. The van der Waals surface area contributed by atoms with Gasteiger partial charge in [0.15, 0.2) is 0 Å². The number of nitrogens with two attached hydrogens (primary N) is 1. The van der Waals surface area contributed by atoms with E-state index in [1.54, 1.807) is 0 Å². The highest BCUT2D eigenvalue weighted by Crippen LogP contribution is 2.46. The van der Waals surface area contributed by atoms with Crippen molar-refractivity contribution in [2.75, 3.05) is 0 Å². The summed E-state index contributed by atoms with van der Waals surface area (Å²) >= 11 is 0. The highest BCUT2D eigenvalue weighted by molar-refractivity contribution is 5.24. The van der Waals surface area contributed by atoms with Crippen molar-refractivity contribution in [3.05, 3.63) is 84.4 Å². The van der Waals surface area contributed by atoms with Crippen molar-refractivity contribution in [2.45, 2.75) is 50.8 Å². The molecule has 2 aromatic carbocycles. The summed E-state index contributed by atoms with van der Waals surface area (Å²) < 4.78 is 0. The minimum absolute atomic E-state index is 0.152. The van der Waals surface area contributed by atoms with E-state index in [-0.39, 0.29) is 23.9 Å². The third-order valence-electron chi connectivity index (χ3n) is 6.26. The van der Waals surface area contributed by atoms with Gasteiger partial charge in [-0.05, 0) is 12.8 Å². The lowest BCUT2D eigenvalue weighted by atomic mass is 9.63. The van der Waals surface area contributed by atoms with E-state index >= 15 is 0 Å². The molecule has 0 spiro atoms. The van der Waals surface area contributed by atoms with Gasteiger partial charge in [0.05, 0.1) is 5.60 Å². The summed E-state index contributed by atoms with van der Waals surface area (Å²) in [5, 5.41) is 14.4. The van der Waals surface area contributed by atoms with Gasteiger partial charge in [0.2, 0.25) is 0 Å². The summed E-state index contributed by atoms with van der Waals surface area (Å²) in [4.78, 5) is 0. The molecule has 26 heavy (non-hydrogen) atoms. The first-order valence-corrected chi connectivity index (χ1v) is 9.90. The van der Waals surface area contributed by atoms with Gasteiger partial charge < -0.3 is 10.4 Å². The van der Waals surface area contributed by atoms with Crippen molar-refractivity contribution in [3.8, 4) is 0 Å². The molecule has 2 heteroatoms. The molecule has 3 rings (SSSR count). The third-order valence-corrected chi connectivity index (χ3v) is 6.26. The van der Waals surface area contributed by atoms with Crippen molar-refractivity contribution in [2.24, 2.45) is 11.8 Å². The SMILES string of the molecule is C=CC[C@@]1(O)[C@@H](C)[C@@H](c2ccccc2)[NH2+][C@H](c2ccccc2)[C@@H]1CCC. The molecule has 0 bridgehead atoms. The Labute approximate surface area is 158 Å². The number of rotatable bonds is 6. The van der Waals surface area contributed by atoms with Gasteiger partial charge in [0.25, 0.3) is 0 Å². The number of piperidine rings is 1. The summed E-state index contributed by atoms with van der Waals surface area (Å²) in [6, 6.07) is 21.8. The summed E-state index contributed by atoms with van der Waals surface area (Å²) in [6.07, 6.45) is 4.63. The average Bonchev–Trinajstić information content (AvgIpc) is 2.68. The zero-order chi connectivity index (χ0) is 18.6. The van der Waals surface area contributed by atoms with Crippen LogP contribution in [0.5, 0.6) is 0 Å². The first kappa shape index (κ1) is 18.9. The monoisotopic (exact) mass is 350 g/mol. The maximum absolute atomic E-state index is 11.9. The van der Waals surface area contributed by atoms with E-state index in [0.29, 0.717) is 6.42 Å². The second-order valence-electron chi connectivity index (χ2n) is 7.73. The van der Waals surface area contributed by atoms with E-state index in [4.69, 9.17) is 0 Å². The van der Waals surface area contributed by atoms with Crippen LogP contribution in [0.4, 0.5) is 0 Å². The van der Waals surface area contributed by atoms with Gasteiger partial charge in [0, 0.05) is 23.0 Å². The zero-order valence-corrected chi connectivity index (χ0v) is 16.0. The van der Waals surface area contributed by atoms with Gasteiger partial charge in [0.1, 0.15) is 12.1 Å². The van der Waals surface area contributed by atoms with E-state index in [1.807, 2.05) is 6.08 Å². The number of aliphatic hydroxyl groups is 1. The van der Waals surface area contributed by atoms with Gasteiger partial charge in [-0.15, -0.1) is 6.58 Å². The predicted molar refractivity (Wildman–Crippen MR) is 108 cm³/mol. The molecule has 2 aromatic rings. The normalized spacial score (nSPS) is 31.5. The van der Waals surface area contributed by atoms with E-state index in [0.717, 1.165) is 12.8 Å². The zero-order valence-electron chi connectivity index (χ0n) is 16.0. The topological polar surface area (TPSA) is 36.8 Å². The Morgan fingerprint density at radius 3 is 2.04 bits per heavy atom. The molecule has 1 saturated heterocycles. The van der Waals surface area contributed by atoms with Crippen LogP contribution in [-0.2, 0) is 0 Å². The van der Waals surface area contributed by atoms with Gasteiger partial charge in [-0.25, -0.2) is 0 Å². The highest BCUT2D eigenvalue weighted by Gasteiger charge is 2.54. The van der Waals surface area contributed by atoms with Crippen LogP contribution in [0.2, 0.25) is 0 Å². The molecular weight excluding hydrogens is 318 g/mol. The molecule has 1 aliphatic heterocycles. The molecule has 0 unspecified atom stereocenters. The largest absolute Gasteiger partial charge is 0.388 e. The van der Waals surface area contributed by atoms with E-state index < -0.39 is 5.60 Å². The molecule has 138 valence electrons. The third kappa shape index (κ3) is 3.49. The molecule has 1 aliphatic rings. The quantitative estimate of drug-likeness (QED) is 0.744. The van der Waals surface area contributed by atoms with E-state index in [2.05, 4.69) is 86.4 Å². The molecule has 2 nitrogen and oxygen atoms in total. The van der Waals surface area contributed by atoms with Crippen LogP contribution in [0, 0.1) is 11.8 Å². The Bertz CT molecular complexity index is 699. The molecular formula is C24H32NO+. The number of hydrogen-bond acceptors (Lipinski definition) is 1. The van der Waals surface area contributed by atoms with Gasteiger partial charge in [-0.3, -0.25) is 0 Å². The molecule has 5 atom stereocenters. The smallest absolute Gasteiger partial charge is 0.118 e. The molecule has 0 radical (unpaired) electrons. The van der Waals surface area contributed by atoms with Crippen LogP contribution in [-0.4, -0.2) is 10.7 Å². The molecule has 3 N–H and O–H groups in total. The fourth-order valence-electron chi connectivity index (χ4n) is 4.89. The van der Waals surface area contributed by atoms with E-state index in [1.165, 1.54) is 11.1 Å². The first-order chi connectivity index (χ1) is 12.6. The Morgan fingerprint density at radius 2 is 1.54 bits per heavy atom. The Kier molecular flexibility index (Phi) is 5.95. The standard InChI is InChI=1S/C24H31NO/c1-4-12-21-23(20-15-10-7-11-16-20)25-22(19-13-8-6-9-14-19)18(3)24(21,26)17-5-2/h5-11,13-16,18,21-23,25-26H,2,4,12,17H2,1,3H3/p+1/t18-,21-,22-,23+,24+/m0/s1. The number of hydrogen-bond donors (Lipinski definition) is 2. The number of quaternary nitrogens is 1. The van der Waals surface area contributed by atoms with Crippen molar-refractivity contribution in [1.29, 1.82) is 0 Å². The average molecular weight is 351 g/mol. The minimum atomic E-state index is -0.743. The lowest BCUT2D eigenvalue weighted by molar-refractivity contribution is -0.764. The van der Waals surface area contributed by atoms with Crippen LogP contribution in [0.25, 0.3) is 0 Å². The minimum Gasteiger partial charge on any atom is -0.388 e. The number of benzene rings is 2. The fourth-order valence-corrected chi connectivity index (χ4v) is 4.89. The van der Waals surface area contributed by atoms with Crippen molar-refractivity contribution < 1.29 is 10.4 Å². The summed E-state index contributed by atoms with van der Waals surface area (Å²) in [5.74, 6) is 0.363. The lowest BCUT2D eigenvalue weighted by Crippen LogP contribution is -2.93. The van der Waals surface area contributed by atoms with Crippen LogP contribution in [0.3, 0.4) is 0 Å². The van der Waals surface area contributed by atoms with Crippen molar-refractivity contribution >= 4 is 0 Å². The van der Waals surface area contributed by atoms with Gasteiger partial charge in [-0.2, -0.15) is 0 Å². The van der Waals surface area contributed by atoms with Crippen LogP contribution >= 0.6 is 0 Å². The summed E-state index contributed by atoms with van der Waals surface area (Å²) in [6.45, 7) is 8.38. The second kappa shape index (κ2) is 8.20. The van der Waals surface area contributed by atoms with Crippen LogP contribution < -0.4 is 5.32 Å². The maximum atomic E-state index is 11.9. The first-order valence-electron chi connectivity index (χ1n) is 9.90. The van der Waals surface area contributed by atoms with Crippen LogP contribution in [0.15, 0.2) is 73.3 Å². The molecule has 1 heterocycles. The maximum Gasteiger partial charge on any atom is 0.118 e. The predicted octanol–water partition coefficient (Wildman–Crippen LogP) is 4.41. The highest BCUT2D eigenvalue weighted by atomic mass is 16.3. The van der Waals surface area contributed by atoms with Crippen LogP contribution in [0.1, 0.15) is 56.3 Å². The van der Waals surface area contributed by atoms with Gasteiger partial charge >= 0.3 is 0 Å². The Morgan fingerprint density at radius 1 is 1.00 bits per heavy atom. The Hall–Kier alpha value is -1.90. The summed E-state index contributed by atoms with van der Waals surface area (Å²) in [7, 11) is 0. The lowest BCUT2D eigenvalue weighted by Gasteiger charge is -2.50. The molecule has 0 amide bonds. The second-order valence-corrected chi connectivity index (χ2v) is 7.73. The molecule has 0 aromatic heterocycles.